The smallest absolute Gasteiger partial charge is 0.127 e. The van der Waals surface area contributed by atoms with Crippen LogP contribution in [0.15, 0.2) is 54.6 Å². The highest BCUT2D eigenvalue weighted by Crippen LogP contribution is 2.30. The van der Waals surface area contributed by atoms with Gasteiger partial charge in [-0.25, -0.2) is 0 Å². The Balaban J connectivity index is 1.59. The molecule has 0 N–H and O–H groups in total. The van der Waals surface area contributed by atoms with E-state index >= 15 is 0 Å². The highest BCUT2D eigenvalue weighted by atomic mass is 16.5. The van der Waals surface area contributed by atoms with Gasteiger partial charge in [0.25, 0.3) is 0 Å². The van der Waals surface area contributed by atoms with Gasteiger partial charge in [-0.05, 0) is 18.2 Å². The highest BCUT2D eigenvalue weighted by Gasteiger charge is 2.26. The van der Waals surface area contributed by atoms with Crippen molar-refractivity contribution in [3.8, 4) is 34.5 Å². The number of methoxy groups -OCH3 is 6. The first kappa shape index (κ1) is 28.4. The third kappa shape index (κ3) is 7.06. The molecule has 3 aromatic rings. The summed E-state index contributed by atoms with van der Waals surface area (Å²) in [6.45, 7) is 4.50. The Morgan fingerprint density at radius 1 is 0.436 bits per heavy atom. The summed E-state index contributed by atoms with van der Waals surface area (Å²) < 4.78 is 33.2. The summed E-state index contributed by atoms with van der Waals surface area (Å²) in [7, 11) is 10.1. The first-order valence-corrected chi connectivity index (χ1v) is 12.8. The van der Waals surface area contributed by atoms with Crippen LogP contribution in [0.3, 0.4) is 0 Å². The molecule has 39 heavy (non-hydrogen) atoms. The minimum absolute atomic E-state index is 0.722. The quantitative estimate of drug-likeness (QED) is 0.334. The Hall–Kier alpha value is -3.66. The minimum Gasteiger partial charge on any atom is -0.497 e. The second-order valence-electron chi connectivity index (χ2n) is 9.44. The van der Waals surface area contributed by atoms with Gasteiger partial charge in [-0.2, -0.15) is 0 Å². The lowest BCUT2D eigenvalue weighted by atomic mass is 10.1. The Kier molecular flexibility index (Phi) is 9.75. The molecule has 4 rings (SSSR count). The lowest BCUT2D eigenvalue weighted by Crippen LogP contribution is -2.53. The zero-order valence-electron chi connectivity index (χ0n) is 23.7. The molecule has 9 heteroatoms. The fourth-order valence-electron chi connectivity index (χ4n) is 4.95. The molecule has 1 aliphatic heterocycles. The number of benzene rings is 3. The van der Waals surface area contributed by atoms with E-state index in [9.17, 15) is 0 Å². The van der Waals surface area contributed by atoms with Crippen molar-refractivity contribution in [1.82, 2.24) is 14.7 Å². The lowest BCUT2D eigenvalue weighted by Gasteiger charge is -2.42. The van der Waals surface area contributed by atoms with E-state index in [-0.39, 0.29) is 0 Å². The van der Waals surface area contributed by atoms with E-state index in [1.165, 1.54) is 0 Å². The molecular weight excluding hydrogens is 498 g/mol. The molecule has 0 atom stereocenters. The molecule has 0 bridgehead atoms. The maximum atomic E-state index is 5.69. The van der Waals surface area contributed by atoms with Crippen LogP contribution in [-0.2, 0) is 19.6 Å². The van der Waals surface area contributed by atoms with Gasteiger partial charge in [-0.15, -0.1) is 0 Å². The van der Waals surface area contributed by atoms with Gasteiger partial charge in [0.05, 0.1) is 62.7 Å². The molecule has 210 valence electrons. The highest BCUT2D eigenvalue weighted by molar-refractivity contribution is 5.42. The van der Waals surface area contributed by atoms with Gasteiger partial charge in [0, 0.05) is 54.5 Å². The third-order valence-electron chi connectivity index (χ3n) is 6.86. The summed E-state index contributed by atoms with van der Waals surface area (Å²) in [6, 6.07) is 17.9. The molecule has 0 aromatic heterocycles. The average Bonchev–Trinajstić information content (AvgIpc) is 2.97. The zero-order chi connectivity index (χ0) is 27.8. The number of hydrogen-bond donors (Lipinski definition) is 0. The fraction of sp³-hybridized carbons (Fsp3) is 0.400. The SMILES string of the molecule is COc1ccc(CN2CN(Cc3ccc(OC)cc3OC)CN(Cc3ccc(OC)cc3OC)C2)c(OC)c1. The van der Waals surface area contributed by atoms with Gasteiger partial charge in [-0.1, -0.05) is 18.2 Å². The van der Waals surface area contributed by atoms with Crippen LogP contribution in [0, 0.1) is 0 Å². The molecule has 0 radical (unpaired) electrons. The van der Waals surface area contributed by atoms with E-state index < -0.39 is 0 Å². The fourth-order valence-corrected chi connectivity index (χ4v) is 4.95. The van der Waals surface area contributed by atoms with Gasteiger partial charge in [0.1, 0.15) is 34.5 Å². The van der Waals surface area contributed by atoms with Crippen LogP contribution in [0.4, 0.5) is 0 Å². The largest absolute Gasteiger partial charge is 0.497 e. The third-order valence-corrected chi connectivity index (χ3v) is 6.86. The lowest BCUT2D eigenvalue weighted by molar-refractivity contribution is -0.0429. The second kappa shape index (κ2) is 13.4. The summed E-state index contributed by atoms with van der Waals surface area (Å²) in [5.41, 5.74) is 3.30. The van der Waals surface area contributed by atoms with Crippen LogP contribution in [0.5, 0.6) is 34.5 Å². The van der Waals surface area contributed by atoms with Crippen LogP contribution in [0.25, 0.3) is 0 Å². The van der Waals surface area contributed by atoms with Crippen molar-refractivity contribution in [3.05, 3.63) is 71.3 Å². The molecule has 9 nitrogen and oxygen atoms in total. The normalized spacial score (nSPS) is 14.6. The van der Waals surface area contributed by atoms with Crippen molar-refractivity contribution in [2.45, 2.75) is 19.6 Å². The number of ether oxygens (including phenoxy) is 6. The van der Waals surface area contributed by atoms with Crippen LogP contribution in [0.1, 0.15) is 16.7 Å². The van der Waals surface area contributed by atoms with E-state index in [0.717, 1.165) is 90.8 Å². The summed E-state index contributed by atoms with van der Waals surface area (Å²) in [5, 5.41) is 0. The molecule has 1 saturated heterocycles. The van der Waals surface area contributed by atoms with Gasteiger partial charge < -0.3 is 28.4 Å². The Bertz CT molecular complexity index is 1080. The van der Waals surface area contributed by atoms with Crippen molar-refractivity contribution >= 4 is 0 Å². The Labute approximate surface area is 231 Å². The molecule has 0 amide bonds. The maximum Gasteiger partial charge on any atom is 0.127 e. The zero-order valence-corrected chi connectivity index (χ0v) is 23.7. The van der Waals surface area contributed by atoms with E-state index in [0.29, 0.717) is 0 Å². The minimum atomic E-state index is 0.722. The van der Waals surface area contributed by atoms with Gasteiger partial charge >= 0.3 is 0 Å². The molecule has 0 saturated carbocycles. The van der Waals surface area contributed by atoms with Crippen LogP contribution in [0.2, 0.25) is 0 Å². The second-order valence-corrected chi connectivity index (χ2v) is 9.44. The summed E-state index contributed by atoms with van der Waals surface area (Å²) in [5.74, 6) is 4.76. The van der Waals surface area contributed by atoms with Crippen molar-refractivity contribution in [3.63, 3.8) is 0 Å². The molecule has 0 spiro atoms. The van der Waals surface area contributed by atoms with Gasteiger partial charge in [-0.3, -0.25) is 14.7 Å². The Morgan fingerprint density at radius 2 is 0.718 bits per heavy atom. The predicted molar refractivity (Wildman–Crippen MR) is 150 cm³/mol. The first-order valence-electron chi connectivity index (χ1n) is 12.8. The molecular formula is C30H39N3O6. The van der Waals surface area contributed by atoms with Crippen molar-refractivity contribution in [2.75, 3.05) is 62.7 Å². The van der Waals surface area contributed by atoms with E-state index in [4.69, 9.17) is 28.4 Å². The summed E-state index contributed by atoms with van der Waals surface area (Å²) in [4.78, 5) is 7.21. The van der Waals surface area contributed by atoms with Gasteiger partial charge in [0.15, 0.2) is 0 Å². The van der Waals surface area contributed by atoms with Crippen molar-refractivity contribution in [1.29, 1.82) is 0 Å². The van der Waals surface area contributed by atoms with Gasteiger partial charge in [0.2, 0.25) is 0 Å². The molecule has 1 heterocycles. The molecule has 0 unspecified atom stereocenters. The molecule has 1 aliphatic rings. The van der Waals surface area contributed by atoms with E-state index in [1.807, 2.05) is 36.4 Å². The van der Waals surface area contributed by atoms with E-state index in [1.54, 1.807) is 42.7 Å². The topological polar surface area (TPSA) is 65.1 Å². The van der Waals surface area contributed by atoms with E-state index in [2.05, 4.69) is 32.9 Å². The van der Waals surface area contributed by atoms with Crippen LogP contribution < -0.4 is 28.4 Å². The van der Waals surface area contributed by atoms with Crippen LogP contribution >= 0.6 is 0 Å². The molecule has 1 fully saturated rings. The first-order chi connectivity index (χ1) is 19.0. The summed E-state index contributed by atoms with van der Waals surface area (Å²) >= 11 is 0. The van der Waals surface area contributed by atoms with Crippen LogP contribution in [-0.4, -0.2) is 77.4 Å². The molecule has 3 aromatic carbocycles. The number of hydrogen-bond acceptors (Lipinski definition) is 9. The summed E-state index contributed by atoms with van der Waals surface area (Å²) in [6.07, 6.45) is 0. The number of rotatable bonds is 12. The standard InChI is InChI=1S/C30H39N3O6/c1-34-25-10-7-22(28(13-25)37-4)16-31-19-32(17-23-8-11-26(35-2)14-29(23)38-5)21-33(20-31)18-24-9-12-27(36-3)15-30(24)39-6/h7-15H,16-21H2,1-6H3. The monoisotopic (exact) mass is 537 g/mol. The molecule has 0 aliphatic carbocycles. The number of nitrogens with zero attached hydrogens (tertiary/aromatic N) is 3. The Morgan fingerprint density at radius 3 is 0.949 bits per heavy atom. The predicted octanol–water partition coefficient (Wildman–Crippen LogP) is 4.43. The maximum absolute atomic E-state index is 5.69. The van der Waals surface area contributed by atoms with Crippen molar-refractivity contribution < 1.29 is 28.4 Å². The van der Waals surface area contributed by atoms with Crippen molar-refractivity contribution in [2.24, 2.45) is 0 Å². The average molecular weight is 538 g/mol.